The summed E-state index contributed by atoms with van der Waals surface area (Å²) >= 11 is 0. The number of halogens is 3. The van der Waals surface area contributed by atoms with Crippen molar-refractivity contribution < 1.29 is 22.7 Å². The Bertz CT molecular complexity index is 1340. The molecule has 0 aliphatic rings. The Morgan fingerprint density at radius 1 is 0.971 bits per heavy atom. The van der Waals surface area contributed by atoms with Crippen LogP contribution in [-0.2, 0) is 12.7 Å². The third kappa shape index (κ3) is 6.14. The van der Waals surface area contributed by atoms with Crippen molar-refractivity contribution >= 4 is 17.5 Å². The number of carbonyl (C=O) groups is 1. The molecule has 0 saturated carbocycles. The second kappa shape index (κ2) is 10.3. The highest BCUT2D eigenvalue weighted by Gasteiger charge is 2.30. The first-order valence-corrected chi connectivity index (χ1v) is 10.6. The van der Waals surface area contributed by atoms with Crippen molar-refractivity contribution in [1.82, 2.24) is 9.97 Å². The van der Waals surface area contributed by atoms with Gasteiger partial charge in [-0.15, -0.1) is 0 Å². The number of aromatic nitrogens is 2. The molecule has 1 heterocycles. The van der Waals surface area contributed by atoms with Gasteiger partial charge in [0.15, 0.2) is 0 Å². The van der Waals surface area contributed by atoms with Crippen LogP contribution in [0.5, 0.6) is 5.75 Å². The molecule has 0 aliphatic heterocycles. The van der Waals surface area contributed by atoms with Gasteiger partial charge in [0.2, 0.25) is 5.95 Å². The van der Waals surface area contributed by atoms with Gasteiger partial charge >= 0.3 is 6.18 Å². The van der Waals surface area contributed by atoms with Gasteiger partial charge in [0.05, 0.1) is 18.4 Å². The minimum absolute atomic E-state index is 0.0777. The Morgan fingerprint density at radius 3 is 2.57 bits per heavy atom. The van der Waals surface area contributed by atoms with E-state index in [1.165, 1.54) is 12.1 Å². The van der Waals surface area contributed by atoms with Crippen molar-refractivity contribution in [3.05, 3.63) is 102 Å². The van der Waals surface area contributed by atoms with Crippen LogP contribution in [0.2, 0.25) is 0 Å². The van der Waals surface area contributed by atoms with Gasteiger partial charge in [-0.05, 0) is 54.1 Å². The second-order valence-electron chi connectivity index (χ2n) is 7.58. The third-order valence-corrected chi connectivity index (χ3v) is 5.11. The summed E-state index contributed by atoms with van der Waals surface area (Å²) in [7, 11) is 1.60. The number of rotatable bonds is 7. The average molecular weight is 478 g/mol. The number of anilines is 2. The summed E-state index contributed by atoms with van der Waals surface area (Å²) < 4.78 is 44.1. The van der Waals surface area contributed by atoms with Crippen molar-refractivity contribution in [2.24, 2.45) is 0 Å². The lowest BCUT2D eigenvalue weighted by atomic mass is 10.1. The highest BCUT2D eigenvalue weighted by molar-refractivity contribution is 6.04. The van der Waals surface area contributed by atoms with E-state index in [0.717, 1.165) is 34.7 Å². The maximum absolute atomic E-state index is 12.9. The molecular weight excluding hydrogens is 457 g/mol. The minimum atomic E-state index is -4.52. The van der Waals surface area contributed by atoms with Crippen molar-refractivity contribution in [3.63, 3.8) is 0 Å². The van der Waals surface area contributed by atoms with Crippen molar-refractivity contribution in [2.75, 3.05) is 17.7 Å². The van der Waals surface area contributed by atoms with E-state index in [1.54, 1.807) is 37.6 Å². The predicted octanol–water partition coefficient (Wildman–Crippen LogP) is 6.04. The van der Waals surface area contributed by atoms with Crippen molar-refractivity contribution in [2.45, 2.75) is 12.7 Å². The number of nitrogens with one attached hydrogen (secondary N) is 2. The molecule has 0 atom stereocenters. The van der Waals surface area contributed by atoms with Crippen molar-refractivity contribution in [1.29, 1.82) is 0 Å². The van der Waals surface area contributed by atoms with Gasteiger partial charge in [-0.25, -0.2) is 9.97 Å². The van der Waals surface area contributed by atoms with E-state index in [1.807, 2.05) is 30.3 Å². The lowest BCUT2D eigenvalue weighted by molar-refractivity contribution is -0.137. The van der Waals surface area contributed by atoms with Crippen LogP contribution < -0.4 is 15.4 Å². The van der Waals surface area contributed by atoms with Gasteiger partial charge in [0, 0.05) is 29.6 Å². The SMILES string of the molecule is COc1cccc(-c2ccnc(NCc3cccc(NC(=O)c4cccc(C(F)(F)F)c4)c3)n2)c1. The number of nitrogens with zero attached hydrogens (tertiary/aromatic N) is 2. The fourth-order valence-electron chi connectivity index (χ4n) is 3.37. The number of methoxy groups -OCH3 is 1. The maximum Gasteiger partial charge on any atom is 0.416 e. The largest absolute Gasteiger partial charge is 0.497 e. The highest BCUT2D eigenvalue weighted by atomic mass is 19.4. The summed E-state index contributed by atoms with van der Waals surface area (Å²) in [5.74, 6) is 0.513. The van der Waals surface area contributed by atoms with E-state index in [4.69, 9.17) is 4.74 Å². The van der Waals surface area contributed by atoms with Gasteiger partial charge in [-0.1, -0.05) is 30.3 Å². The lowest BCUT2D eigenvalue weighted by Gasteiger charge is -2.11. The molecule has 0 bridgehead atoms. The van der Waals surface area contributed by atoms with E-state index in [9.17, 15) is 18.0 Å². The maximum atomic E-state index is 12.9. The van der Waals surface area contributed by atoms with Gasteiger partial charge in [0.25, 0.3) is 5.91 Å². The standard InChI is InChI=1S/C26H21F3N4O2/c1-35-22-10-4-6-18(15-22)23-11-12-30-25(33-23)31-16-17-5-2-9-21(13-17)32-24(34)19-7-3-8-20(14-19)26(27,28)29/h2-15H,16H2,1H3,(H,32,34)(H,30,31,33). The third-order valence-electron chi connectivity index (χ3n) is 5.11. The van der Waals surface area contributed by atoms with E-state index < -0.39 is 17.6 Å². The topological polar surface area (TPSA) is 76.1 Å². The smallest absolute Gasteiger partial charge is 0.416 e. The fourth-order valence-corrected chi connectivity index (χ4v) is 3.37. The zero-order valence-corrected chi connectivity index (χ0v) is 18.6. The van der Waals surface area contributed by atoms with E-state index in [-0.39, 0.29) is 5.56 Å². The number of alkyl halides is 3. The van der Waals surface area contributed by atoms with Crippen LogP contribution in [0.3, 0.4) is 0 Å². The Kier molecular flexibility index (Phi) is 6.96. The zero-order valence-electron chi connectivity index (χ0n) is 18.6. The van der Waals surface area contributed by atoms with Gasteiger partial charge in [0.1, 0.15) is 5.75 Å². The molecule has 0 radical (unpaired) electrons. The molecule has 0 aliphatic carbocycles. The van der Waals surface area contributed by atoms with Crippen LogP contribution in [-0.4, -0.2) is 23.0 Å². The summed E-state index contributed by atoms with van der Waals surface area (Å²) in [5.41, 5.74) is 1.93. The first-order chi connectivity index (χ1) is 16.8. The van der Waals surface area contributed by atoms with E-state index in [2.05, 4.69) is 20.6 Å². The summed E-state index contributed by atoms with van der Waals surface area (Å²) in [6, 6.07) is 20.6. The molecule has 1 aromatic heterocycles. The van der Waals surface area contributed by atoms with Crippen LogP contribution in [0.25, 0.3) is 11.3 Å². The molecule has 35 heavy (non-hydrogen) atoms. The summed E-state index contributed by atoms with van der Waals surface area (Å²) in [6.45, 7) is 0.370. The summed E-state index contributed by atoms with van der Waals surface area (Å²) in [4.78, 5) is 21.3. The number of hydrogen-bond acceptors (Lipinski definition) is 5. The van der Waals surface area contributed by atoms with Gasteiger partial charge in [-0.2, -0.15) is 13.2 Å². The van der Waals surface area contributed by atoms with Gasteiger partial charge in [-0.3, -0.25) is 4.79 Å². The monoisotopic (exact) mass is 478 g/mol. The molecule has 178 valence electrons. The van der Waals surface area contributed by atoms with E-state index in [0.29, 0.717) is 18.2 Å². The lowest BCUT2D eigenvalue weighted by Crippen LogP contribution is -2.14. The molecule has 2 N–H and O–H groups in total. The number of ether oxygens (including phenoxy) is 1. The molecule has 0 saturated heterocycles. The van der Waals surface area contributed by atoms with Crippen LogP contribution >= 0.6 is 0 Å². The van der Waals surface area contributed by atoms with Crippen LogP contribution in [0.4, 0.5) is 24.8 Å². The van der Waals surface area contributed by atoms with E-state index >= 15 is 0 Å². The molecule has 9 heteroatoms. The molecular formula is C26H21F3N4O2. The number of hydrogen-bond donors (Lipinski definition) is 2. The molecule has 0 spiro atoms. The van der Waals surface area contributed by atoms with Gasteiger partial charge < -0.3 is 15.4 Å². The predicted molar refractivity (Wildman–Crippen MR) is 127 cm³/mol. The van der Waals surface area contributed by atoms with Crippen LogP contribution in [0.1, 0.15) is 21.5 Å². The molecule has 1 amide bonds. The Hall–Kier alpha value is -4.40. The number of amides is 1. The van der Waals surface area contributed by atoms with Crippen molar-refractivity contribution in [3.8, 4) is 17.0 Å². The fraction of sp³-hybridized carbons (Fsp3) is 0.115. The Labute approximate surface area is 199 Å². The zero-order chi connectivity index (χ0) is 24.8. The molecule has 0 unspecified atom stereocenters. The van der Waals surface area contributed by atoms with Crippen LogP contribution in [0.15, 0.2) is 85.1 Å². The highest BCUT2D eigenvalue weighted by Crippen LogP contribution is 2.29. The first-order valence-electron chi connectivity index (χ1n) is 10.6. The quantitative estimate of drug-likeness (QED) is 0.339. The Morgan fingerprint density at radius 2 is 1.77 bits per heavy atom. The molecule has 0 fully saturated rings. The first kappa shape index (κ1) is 23.7. The second-order valence-corrected chi connectivity index (χ2v) is 7.58. The molecule has 4 rings (SSSR count). The average Bonchev–Trinajstić information content (AvgIpc) is 2.87. The number of benzene rings is 3. The molecule has 6 nitrogen and oxygen atoms in total. The molecule has 3 aromatic carbocycles. The number of carbonyl (C=O) groups excluding carboxylic acids is 1. The molecule has 4 aromatic rings. The van der Waals surface area contributed by atoms with Crippen LogP contribution in [0, 0.1) is 0 Å². The normalized spacial score (nSPS) is 11.1. The summed E-state index contributed by atoms with van der Waals surface area (Å²) in [5, 5.41) is 5.78. The minimum Gasteiger partial charge on any atom is -0.497 e. The summed E-state index contributed by atoms with van der Waals surface area (Å²) in [6.07, 6.45) is -2.87. The Balaban J connectivity index is 1.43.